The van der Waals surface area contributed by atoms with Crippen LogP contribution in [0.1, 0.15) is 0 Å². The summed E-state index contributed by atoms with van der Waals surface area (Å²) in [6.45, 7) is 0.0759. The molecule has 2 N–H and O–H groups in total. The van der Waals surface area contributed by atoms with Crippen LogP contribution in [-0.2, 0) is 6.54 Å². The van der Waals surface area contributed by atoms with E-state index in [1.165, 1.54) is 0 Å². The van der Waals surface area contributed by atoms with Crippen LogP contribution in [-0.4, -0.2) is 20.4 Å². The first-order chi connectivity index (χ1) is 5.65. The van der Waals surface area contributed by atoms with Crippen molar-refractivity contribution in [2.45, 2.75) is 6.54 Å². The van der Waals surface area contributed by atoms with Crippen LogP contribution in [0.4, 0.5) is 0 Å². The molecule has 66 valence electrons. The van der Waals surface area contributed by atoms with E-state index in [0.717, 1.165) is 4.57 Å². The van der Waals surface area contributed by atoms with E-state index in [0.29, 0.717) is 0 Å². The van der Waals surface area contributed by atoms with Gasteiger partial charge in [-0.3, -0.25) is 9.97 Å². The fraction of sp³-hybridized carbons (Fsp3) is 0.400. The second-order valence-electron chi connectivity index (χ2n) is 2.03. The Morgan fingerprint density at radius 3 is 2.08 bits per heavy atom. The van der Waals surface area contributed by atoms with Crippen molar-refractivity contribution < 1.29 is 0 Å². The summed E-state index contributed by atoms with van der Waals surface area (Å²) in [5.41, 5.74) is -2.30. The average Bonchev–Trinajstić information content (AvgIpc) is 1.96. The highest BCUT2D eigenvalue weighted by atomic mass is 35.5. The number of nitrogens with one attached hydrogen (secondary N) is 2. The number of nitrogens with zero attached hydrogens (tertiary/aromatic N) is 1. The quantitative estimate of drug-likeness (QED) is 0.556. The van der Waals surface area contributed by atoms with Crippen LogP contribution >= 0.6 is 11.6 Å². The van der Waals surface area contributed by atoms with Crippen molar-refractivity contribution in [2.75, 3.05) is 5.88 Å². The summed E-state index contributed by atoms with van der Waals surface area (Å²) >= 11 is 5.32. The van der Waals surface area contributed by atoms with Crippen molar-refractivity contribution in [2.24, 2.45) is 0 Å². The van der Waals surface area contributed by atoms with Crippen LogP contribution in [0.25, 0.3) is 0 Å². The van der Waals surface area contributed by atoms with Crippen molar-refractivity contribution in [3.8, 4) is 0 Å². The third-order valence-corrected chi connectivity index (χ3v) is 1.41. The van der Waals surface area contributed by atoms with Gasteiger partial charge in [0, 0.05) is 12.4 Å². The minimum atomic E-state index is -0.809. The first kappa shape index (κ1) is 8.79. The van der Waals surface area contributed by atoms with Gasteiger partial charge in [0.25, 0.3) is 0 Å². The molecule has 0 radical (unpaired) electrons. The van der Waals surface area contributed by atoms with Gasteiger partial charge in [-0.15, -0.1) is 11.6 Å². The average molecular weight is 192 g/mol. The van der Waals surface area contributed by atoms with Crippen molar-refractivity contribution in [1.29, 1.82) is 0 Å². The van der Waals surface area contributed by atoms with Crippen molar-refractivity contribution in [1.82, 2.24) is 14.5 Å². The second kappa shape index (κ2) is 3.40. The molecule has 1 heterocycles. The molecule has 0 aliphatic rings. The van der Waals surface area contributed by atoms with E-state index >= 15 is 0 Å². The molecule has 0 spiro atoms. The minimum absolute atomic E-state index is 0.0759. The fourth-order valence-electron chi connectivity index (χ4n) is 0.740. The highest BCUT2D eigenvalue weighted by Gasteiger charge is 1.99. The van der Waals surface area contributed by atoms with Crippen LogP contribution in [0.3, 0.4) is 0 Å². The molecule has 0 fully saturated rings. The molecule has 0 aliphatic carbocycles. The lowest BCUT2D eigenvalue weighted by molar-refractivity contribution is 0.635. The third-order valence-electron chi connectivity index (χ3n) is 1.24. The molecule has 0 unspecified atom stereocenters. The summed E-state index contributed by atoms with van der Waals surface area (Å²) in [4.78, 5) is 36.1. The van der Waals surface area contributed by atoms with E-state index in [2.05, 4.69) is 0 Å². The molecule has 0 atom stereocenters. The Balaban J connectivity index is 3.39. The molecular formula is C5H6ClN3O3. The molecular weight excluding hydrogens is 186 g/mol. The molecule has 0 amide bonds. The van der Waals surface area contributed by atoms with E-state index in [1.54, 1.807) is 0 Å². The predicted molar refractivity (Wildman–Crippen MR) is 42.7 cm³/mol. The normalized spacial score (nSPS) is 10.1. The van der Waals surface area contributed by atoms with Crippen LogP contribution in [0, 0.1) is 0 Å². The summed E-state index contributed by atoms with van der Waals surface area (Å²) in [5.74, 6) is 0.134. The number of H-pyrrole nitrogens is 2. The zero-order valence-electron chi connectivity index (χ0n) is 5.96. The van der Waals surface area contributed by atoms with E-state index in [-0.39, 0.29) is 12.4 Å². The number of halogens is 1. The molecule has 0 aliphatic heterocycles. The Bertz CT molecular complexity index is 394. The van der Waals surface area contributed by atoms with E-state index < -0.39 is 17.1 Å². The smallest absolute Gasteiger partial charge is 0.259 e. The SMILES string of the molecule is O=c1[nH]c(=O)n(CCCl)c(=O)[nH]1. The molecule has 1 aromatic rings. The molecule has 0 bridgehead atoms. The summed E-state index contributed by atoms with van der Waals surface area (Å²) in [7, 11) is 0. The van der Waals surface area contributed by atoms with Crippen LogP contribution < -0.4 is 17.1 Å². The molecule has 6 nitrogen and oxygen atoms in total. The Kier molecular flexibility index (Phi) is 2.49. The largest absolute Gasteiger partial charge is 0.333 e. The summed E-state index contributed by atoms with van der Waals surface area (Å²) in [5, 5.41) is 0. The van der Waals surface area contributed by atoms with E-state index in [4.69, 9.17) is 11.6 Å². The summed E-state index contributed by atoms with van der Waals surface area (Å²) in [6.07, 6.45) is 0. The molecule has 12 heavy (non-hydrogen) atoms. The number of hydrogen-bond acceptors (Lipinski definition) is 3. The molecule has 0 saturated heterocycles. The zero-order chi connectivity index (χ0) is 9.14. The second-order valence-corrected chi connectivity index (χ2v) is 2.41. The summed E-state index contributed by atoms with van der Waals surface area (Å²) in [6, 6.07) is 0. The summed E-state index contributed by atoms with van der Waals surface area (Å²) < 4.78 is 0.814. The first-order valence-corrected chi connectivity index (χ1v) is 3.68. The molecule has 7 heteroatoms. The Hall–Kier alpha value is -1.30. The maximum absolute atomic E-state index is 10.9. The van der Waals surface area contributed by atoms with Crippen molar-refractivity contribution in [3.05, 3.63) is 31.5 Å². The van der Waals surface area contributed by atoms with Gasteiger partial charge in [0.2, 0.25) is 0 Å². The number of aromatic amines is 2. The Morgan fingerprint density at radius 2 is 1.67 bits per heavy atom. The van der Waals surface area contributed by atoms with Crippen LogP contribution in [0.2, 0.25) is 0 Å². The van der Waals surface area contributed by atoms with Gasteiger partial charge in [-0.1, -0.05) is 0 Å². The van der Waals surface area contributed by atoms with E-state index in [1.807, 2.05) is 9.97 Å². The maximum atomic E-state index is 10.9. The molecule has 1 aromatic heterocycles. The maximum Gasteiger partial charge on any atom is 0.333 e. The number of aromatic nitrogens is 3. The highest BCUT2D eigenvalue weighted by molar-refractivity contribution is 6.17. The van der Waals surface area contributed by atoms with Gasteiger partial charge in [-0.05, 0) is 0 Å². The lowest BCUT2D eigenvalue weighted by atomic mass is 10.7. The number of alkyl halides is 1. The number of rotatable bonds is 2. The van der Waals surface area contributed by atoms with Crippen LogP contribution in [0.15, 0.2) is 14.4 Å². The van der Waals surface area contributed by atoms with Crippen molar-refractivity contribution in [3.63, 3.8) is 0 Å². The standard InChI is InChI=1S/C5H6ClN3O3/c6-1-2-9-4(11)7-3(10)8-5(9)12/h1-2H2,(H2,7,8,10,11,12). The lowest BCUT2D eigenvalue weighted by Crippen LogP contribution is -2.43. The van der Waals surface area contributed by atoms with Gasteiger partial charge in [0.15, 0.2) is 0 Å². The zero-order valence-corrected chi connectivity index (χ0v) is 6.72. The topological polar surface area (TPSA) is 87.7 Å². The monoisotopic (exact) mass is 191 g/mol. The number of hydrogen-bond donors (Lipinski definition) is 2. The van der Waals surface area contributed by atoms with Gasteiger partial charge in [0.1, 0.15) is 0 Å². The third kappa shape index (κ3) is 1.65. The van der Waals surface area contributed by atoms with Gasteiger partial charge in [0.05, 0.1) is 0 Å². The van der Waals surface area contributed by atoms with Crippen LogP contribution in [0.5, 0.6) is 0 Å². The first-order valence-electron chi connectivity index (χ1n) is 3.14. The molecule has 0 aromatic carbocycles. The fourth-order valence-corrected chi connectivity index (χ4v) is 0.909. The minimum Gasteiger partial charge on any atom is -0.259 e. The van der Waals surface area contributed by atoms with Crippen molar-refractivity contribution >= 4 is 11.6 Å². The van der Waals surface area contributed by atoms with Gasteiger partial charge >= 0.3 is 17.1 Å². The molecule has 0 saturated carbocycles. The van der Waals surface area contributed by atoms with Gasteiger partial charge in [-0.2, -0.15) is 0 Å². The van der Waals surface area contributed by atoms with Gasteiger partial charge in [-0.25, -0.2) is 19.0 Å². The predicted octanol–water partition coefficient (Wildman–Crippen LogP) is -1.54. The van der Waals surface area contributed by atoms with Gasteiger partial charge < -0.3 is 0 Å². The van der Waals surface area contributed by atoms with E-state index in [9.17, 15) is 14.4 Å². The Morgan fingerprint density at radius 1 is 1.17 bits per heavy atom. The lowest BCUT2D eigenvalue weighted by Gasteiger charge is -1.97. The molecule has 1 rings (SSSR count). The highest BCUT2D eigenvalue weighted by Crippen LogP contribution is 1.74. The Labute approximate surface area is 70.8 Å².